The molecular weight excluding hydrogens is 420 g/mol. The second-order valence-electron chi connectivity index (χ2n) is 7.04. The molecule has 0 saturated carbocycles. The Bertz CT molecular complexity index is 1300. The molecule has 3 aromatic carbocycles. The summed E-state index contributed by atoms with van der Waals surface area (Å²) in [5.74, 6) is 1.31. The number of nitrogen functional groups attached to an aromatic ring is 1. The molecule has 1 aromatic heterocycles. The fourth-order valence-corrected chi connectivity index (χ4v) is 3.87. The Labute approximate surface area is 189 Å². The number of aromatic amines is 1. The van der Waals surface area contributed by atoms with Gasteiger partial charge in [-0.15, -0.1) is 0 Å². The van der Waals surface area contributed by atoms with Crippen LogP contribution in [0.1, 0.15) is 16.7 Å². The van der Waals surface area contributed by atoms with Crippen molar-refractivity contribution in [3.8, 4) is 23.1 Å². The number of hydrogen-bond donors (Lipinski definition) is 2. The minimum atomic E-state index is -0.457. The largest absolute Gasteiger partial charge is 0.489 e. The molecule has 158 valence electrons. The number of nitrogens with two attached hydrogens (primary N) is 1. The lowest BCUT2D eigenvalue weighted by Gasteiger charge is -2.09. The molecule has 0 saturated heterocycles. The van der Waals surface area contributed by atoms with Crippen molar-refractivity contribution in [1.29, 1.82) is 5.26 Å². The molecule has 0 unspecified atom stereocenters. The standard InChI is InChI=1S/C25H20N4O2S/c26-14-22-23(19-8-12-21(13-9-19)31-15-17-4-2-1-3-5-17)28-25(29-24(22)30)32-16-18-6-10-20(27)11-7-18/h1-13H,15-16,27H2,(H,28,29,30). The molecule has 4 aromatic rings. The van der Waals surface area contributed by atoms with E-state index in [4.69, 9.17) is 10.5 Å². The first-order valence-electron chi connectivity index (χ1n) is 9.91. The van der Waals surface area contributed by atoms with Crippen molar-refractivity contribution in [2.75, 3.05) is 5.73 Å². The Hall–Kier alpha value is -4.02. The van der Waals surface area contributed by atoms with Gasteiger partial charge in [0.25, 0.3) is 5.56 Å². The van der Waals surface area contributed by atoms with E-state index in [2.05, 4.69) is 9.97 Å². The topological polar surface area (TPSA) is 105 Å². The Morgan fingerprint density at radius 1 is 0.969 bits per heavy atom. The molecule has 0 aliphatic carbocycles. The summed E-state index contributed by atoms with van der Waals surface area (Å²) < 4.78 is 5.82. The molecule has 0 bridgehead atoms. The van der Waals surface area contributed by atoms with Crippen molar-refractivity contribution in [3.05, 3.63) is 106 Å². The predicted octanol–water partition coefficient (Wildman–Crippen LogP) is 4.76. The van der Waals surface area contributed by atoms with Gasteiger partial charge in [0, 0.05) is 17.0 Å². The molecule has 7 heteroatoms. The van der Waals surface area contributed by atoms with Gasteiger partial charge in [-0.3, -0.25) is 4.79 Å². The van der Waals surface area contributed by atoms with Crippen molar-refractivity contribution < 1.29 is 4.74 Å². The number of anilines is 1. The van der Waals surface area contributed by atoms with E-state index in [0.717, 1.165) is 11.1 Å². The molecule has 4 rings (SSSR count). The number of nitriles is 1. The zero-order valence-electron chi connectivity index (χ0n) is 17.1. The van der Waals surface area contributed by atoms with E-state index < -0.39 is 5.56 Å². The minimum Gasteiger partial charge on any atom is -0.489 e. The first-order valence-corrected chi connectivity index (χ1v) is 10.9. The summed E-state index contributed by atoms with van der Waals surface area (Å²) in [5.41, 5.74) is 9.10. The number of hydrogen-bond acceptors (Lipinski definition) is 6. The van der Waals surface area contributed by atoms with Crippen LogP contribution >= 0.6 is 11.8 Å². The molecule has 0 radical (unpaired) electrons. The maximum absolute atomic E-state index is 12.5. The first kappa shape index (κ1) is 21.2. The van der Waals surface area contributed by atoms with Crippen LogP contribution in [0.5, 0.6) is 5.75 Å². The zero-order chi connectivity index (χ0) is 22.3. The third kappa shape index (κ3) is 5.17. The van der Waals surface area contributed by atoms with Gasteiger partial charge in [0.05, 0.1) is 5.69 Å². The summed E-state index contributed by atoms with van der Waals surface area (Å²) in [4.78, 5) is 19.7. The summed E-state index contributed by atoms with van der Waals surface area (Å²) >= 11 is 1.39. The van der Waals surface area contributed by atoms with E-state index in [-0.39, 0.29) is 5.56 Å². The summed E-state index contributed by atoms with van der Waals surface area (Å²) in [6.07, 6.45) is 0. The van der Waals surface area contributed by atoms with Crippen LogP contribution in [0.2, 0.25) is 0 Å². The van der Waals surface area contributed by atoms with E-state index >= 15 is 0 Å². The molecule has 0 atom stereocenters. The van der Waals surface area contributed by atoms with E-state index in [1.807, 2.05) is 72.8 Å². The summed E-state index contributed by atoms with van der Waals surface area (Å²) in [7, 11) is 0. The van der Waals surface area contributed by atoms with Crippen LogP contribution in [0, 0.1) is 11.3 Å². The smallest absolute Gasteiger partial charge is 0.270 e. The van der Waals surface area contributed by atoms with Crippen LogP contribution in [0.4, 0.5) is 5.69 Å². The van der Waals surface area contributed by atoms with Gasteiger partial charge in [-0.05, 0) is 47.5 Å². The fourth-order valence-electron chi connectivity index (χ4n) is 3.05. The average molecular weight is 441 g/mol. The number of rotatable bonds is 7. The number of benzene rings is 3. The Balaban J connectivity index is 1.53. The number of nitrogens with zero attached hydrogens (tertiary/aromatic N) is 2. The predicted molar refractivity (Wildman–Crippen MR) is 126 cm³/mol. The molecule has 32 heavy (non-hydrogen) atoms. The number of ether oxygens (including phenoxy) is 1. The Morgan fingerprint density at radius 3 is 2.38 bits per heavy atom. The van der Waals surface area contributed by atoms with Crippen LogP contribution in [-0.4, -0.2) is 9.97 Å². The lowest BCUT2D eigenvalue weighted by Crippen LogP contribution is -2.14. The highest BCUT2D eigenvalue weighted by molar-refractivity contribution is 7.98. The summed E-state index contributed by atoms with van der Waals surface area (Å²) in [5, 5.41) is 9.95. The van der Waals surface area contributed by atoms with Gasteiger partial charge < -0.3 is 15.5 Å². The van der Waals surface area contributed by atoms with Crippen LogP contribution in [0.15, 0.2) is 88.8 Å². The maximum Gasteiger partial charge on any atom is 0.270 e. The number of nitrogens with one attached hydrogen (secondary N) is 1. The van der Waals surface area contributed by atoms with Crippen LogP contribution in [0.3, 0.4) is 0 Å². The van der Waals surface area contributed by atoms with Gasteiger partial charge in [0.2, 0.25) is 0 Å². The van der Waals surface area contributed by atoms with Crippen molar-refractivity contribution in [1.82, 2.24) is 9.97 Å². The van der Waals surface area contributed by atoms with Crippen LogP contribution in [0.25, 0.3) is 11.3 Å². The summed E-state index contributed by atoms with van der Waals surface area (Å²) in [6, 6.07) is 26.6. The fraction of sp³-hybridized carbons (Fsp3) is 0.0800. The zero-order valence-corrected chi connectivity index (χ0v) is 17.9. The molecular formula is C25H20N4O2S. The van der Waals surface area contributed by atoms with Crippen molar-refractivity contribution >= 4 is 17.4 Å². The third-order valence-corrected chi connectivity index (χ3v) is 5.69. The van der Waals surface area contributed by atoms with E-state index in [9.17, 15) is 10.1 Å². The highest BCUT2D eigenvalue weighted by Crippen LogP contribution is 2.26. The molecule has 0 aliphatic heterocycles. The summed E-state index contributed by atoms with van der Waals surface area (Å²) in [6.45, 7) is 0.457. The Morgan fingerprint density at radius 2 is 1.69 bits per heavy atom. The van der Waals surface area contributed by atoms with Gasteiger partial charge in [-0.25, -0.2) is 4.98 Å². The second-order valence-corrected chi connectivity index (χ2v) is 8.00. The third-order valence-electron chi connectivity index (χ3n) is 4.74. The second kappa shape index (κ2) is 9.86. The van der Waals surface area contributed by atoms with E-state index in [0.29, 0.717) is 40.2 Å². The molecule has 0 fully saturated rings. The highest BCUT2D eigenvalue weighted by Gasteiger charge is 2.14. The van der Waals surface area contributed by atoms with Gasteiger partial charge >= 0.3 is 0 Å². The van der Waals surface area contributed by atoms with Gasteiger partial charge in [-0.2, -0.15) is 5.26 Å². The average Bonchev–Trinajstić information content (AvgIpc) is 2.83. The molecule has 1 heterocycles. The van der Waals surface area contributed by atoms with Gasteiger partial charge in [0.1, 0.15) is 24.0 Å². The number of thioether (sulfide) groups is 1. The monoisotopic (exact) mass is 440 g/mol. The molecule has 0 spiro atoms. The van der Waals surface area contributed by atoms with E-state index in [1.165, 1.54) is 11.8 Å². The van der Waals surface area contributed by atoms with Crippen molar-refractivity contribution in [2.24, 2.45) is 0 Å². The van der Waals surface area contributed by atoms with Crippen molar-refractivity contribution in [2.45, 2.75) is 17.5 Å². The van der Waals surface area contributed by atoms with Gasteiger partial charge in [-0.1, -0.05) is 54.2 Å². The molecule has 0 aliphatic rings. The minimum absolute atomic E-state index is 0.0141. The quantitative estimate of drug-likeness (QED) is 0.244. The molecule has 3 N–H and O–H groups in total. The Kier molecular flexibility index (Phi) is 6.54. The first-order chi connectivity index (χ1) is 15.6. The molecule has 6 nitrogen and oxygen atoms in total. The normalized spacial score (nSPS) is 10.5. The van der Waals surface area contributed by atoms with Crippen LogP contribution < -0.4 is 16.0 Å². The molecule has 0 amide bonds. The van der Waals surface area contributed by atoms with E-state index in [1.54, 1.807) is 12.1 Å². The lowest BCUT2D eigenvalue weighted by atomic mass is 10.1. The van der Waals surface area contributed by atoms with Gasteiger partial charge in [0.15, 0.2) is 5.16 Å². The maximum atomic E-state index is 12.5. The lowest BCUT2D eigenvalue weighted by molar-refractivity contribution is 0.306. The SMILES string of the molecule is N#Cc1c(-c2ccc(OCc3ccccc3)cc2)nc(SCc2ccc(N)cc2)[nH]c1=O. The van der Waals surface area contributed by atoms with Crippen LogP contribution in [-0.2, 0) is 12.4 Å². The number of aromatic nitrogens is 2. The highest BCUT2D eigenvalue weighted by atomic mass is 32.2. The number of H-pyrrole nitrogens is 1. The van der Waals surface area contributed by atoms with Crippen molar-refractivity contribution in [3.63, 3.8) is 0 Å².